The van der Waals surface area contributed by atoms with E-state index in [1.165, 1.54) is 32.1 Å². The van der Waals surface area contributed by atoms with Crippen LogP contribution in [-0.2, 0) is 6.42 Å². The van der Waals surface area contributed by atoms with Crippen molar-refractivity contribution in [2.45, 2.75) is 51.5 Å². The lowest BCUT2D eigenvalue weighted by Gasteiger charge is -2.32. The van der Waals surface area contributed by atoms with E-state index in [4.69, 9.17) is 28.9 Å². The first-order valence-corrected chi connectivity index (χ1v) is 8.05. The molecule has 106 valence electrons. The molecule has 1 aromatic rings. The molecule has 0 saturated heterocycles. The zero-order valence-electron chi connectivity index (χ0n) is 11.5. The summed E-state index contributed by atoms with van der Waals surface area (Å²) in [5, 5.41) is 1.48. The molecule has 1 saturated carbocycles. The molecular formula is C16H23Cl2N. The standard InChI is InChI=1S/C16H23Cl2N/c1-2-11-5-3-6-12(9-11)16(19)10-13-14(17)7-4-8-15(13)18/h4,7-8,11-12,16H,2-3,5-6,9-10,19H2,1H3. The number of halogens is 2. The van der Waals surface area contributed by atoms with E-state index in [0.717, 1.165) is 27.9 Å². The fourth-order valence-electron chi connectivity index (χ4n) is 3.22. The van der Waals surface area contributed by atoms with Gasteiger partial charge in [0, 0.05) is 16.1 Å². The summed E-state index contributed by atoms with van der Waals surface area (Å²) in [6.45, 7) is 2.28. The van der Waals surface area contributed by atoms with E-state index in [-0.39, 0.29) is 6.04 Å². The Morgan fingerprint density at radius 1 is 1.26 bits per heavy atom. The van der Waals surface area contributed by atoms with Crippen LogP contribution < -0.4 is 5.73 Å². The molecule has 0 aromatic heterocycles. The van der Waals surface area contributed by atoms with Crippen molar-refractivity contribution in [3.63, 3.8) is 0 Å². The maximum Gasteiger partial charge on any atom is 0.0453 e. The topological polar surface area (TPSA) is 26.0 Å². The summed E-state index contributed by atoms with van der Waals surface area (Å²) in [5.41, 5.74) is 7.43. The van der Waals surface area contributed by atoms with Crippen molar-refractivity contribution in [3.05, 3.63) is 33.8 Å². The van der Waals surface area contributed by atoms with Gasteiger partial charge in [0.25, 0.3) is 0 Å². The SMILES string of the molecule is CCC1CCCC(C(N)Cc2c(Cl)cccc2Cl)C1. The molecule has 2 rings (SSSR count). The molecule has 1 aliphatic carbocycles. The highest BCUT2D eigenvalue weighted by molar-refractivity contribution is 6.36. The van der Waals surface area contributed by atoms with Crippen molar-refractivity contribution in [1.29, 1.82) is 0 Å². The van der Waals surface area contributed by atoms with Crippen LogP contribution in [0, 0.1) is 11.8 Å². The van der Waals surface area contributed by atoms with Crippen LogP contribution in [-0.4, -0.2) is 6.04 Å². The van der Waals surface area contributed by atoms with Crippen LogP contribution in [0.1, 0.15) is 44.6 Å². The third-order valence-corrected chi connectivity index (χ3v) is 5.22. The Bertz CT molecular complexity index is 399. The minimum Gasteiger partial charge on any atom is -0.327 e. The summed E-state index contributed by atoms with van der Waals surface area (Å²) in [6.07, 6.45) is 7.26. The quantitative estimate of drug-likeness (QED) is 0.824. The van der Waals surface area contributed by atoms with Gasteiger partial charge in [0.05, 0.1) is 0 Å². The molecule has 0 spiro atoms. The molecule has 3 heteroatoms. The first kappa shape index (κ1) is 15.2. The van der Waals surface area contributed by atoms with Crippen LogP contribution in [0.15, 0.2) is 18.2 Å². The molecule has 0 bridgehead atoms. The van der Waals surface area contributed by atoms with Crippen LogP contribution in [0.5, 0.6) is 0 Å². The van der Waals surface area contributed by atoms with E-state index in [1.54, 1.807) is 0 Å². The first-order chi connectivity index (χ1) is 9.11. The lowest BCUT2D eigenvalue weighted by molar-refractivity contribution is 0.228. The number of nitrogens with two attached hydrogens (primary N) is 1. The summed E-state index contributed by atoms with van der Waals surface area (Å²) >= 11 is 12.5. The average molecular weight is 300 g/mol. The van der Waals surface area contributed by atoms with Crippen molar-refractivity contribution >= 4 is 23.2 Å². The zero-order chi connectivity index (χ0) is 13.8. The molecule has 2 N–H and O–H groups in total. The molecule has 0 amide bonds. The van der Waals surface area contributed by atoms with Gasteiger partial charge in [-0.05, 0) is 48.8 Å². The largest absolute Gasteiger partial charge is 0.327 e. The highest BCUT2D eigenvalue weighted by Gasteiger charge is 2.26. The Morgan fingerprint density at radius 2 is 1.95 bits per heavy atom. The molecule has 1 fully saturated rings. The van der Waals surface area contributed by atoms with Crippen LogP contribution in [0.25, 0.3) is 0 Å². The van der Waals surface area contributed by atoms with Crippen molar-refractivity contribution in [2.24, 2.45) is 17.6 Å². The summed E-state index contributed by atoms with van der Waals surface area (Å²) in [4.78, 5) is 0. The van der Waals surface area contributed by atoms with Crippen molar-refractivity contribution in [3.8, 4) is 0 Å². The maximum absolute atomic E-state index is 6.42. The van der Waals surface area contributed by atoms with Crippen LogP contribution in [0.3, 0.4) is 0 Å². The van der Waals surface area contributed by atoms with Gasteiger partial charge in [0.1, 0.15) is 0 Å². The Labute approximate surface area is 126 Å². The van der Waals surface area contributed by atoms with Crippen LogP contribution in [0.4, 0.5) is 0 Å². The first-order valence-electron chi connectivity index (χ1n) is 7.30. The molecule has 1 aromatic carbocycles. The van der Waals surface area contributed by atoms with Gasteiger partial charge in [-0.3, -0.25) is 0 Å². The zero-order valence-corrected chi connectivity index (χ0v) is 13.1. The molecule has 3 unspecified atom stereocenters. The van der Waals surface area contributed by atoms with Crippen molar-refractivity contribution < 1.29 is 0 Å². The van der Waals surface area contributed by atoms with Gasteiger partial charge in [-0.15, -0.1) is 0 Å². The van der Waals surface area contributed by atoms with E-state index in [1.807, 2.05) is 18.2 Å². The lowest BCUT2D eigenvalue weighted by atomic mass is 9.76. The van der Waals surface area contributed by atoms with Gasteiger partial charge in [0.2, 0.25) is 0 Å². The van der Waals surface area contributed by atoms with Gasteiger partial charge in [0.15, 0.2) is 0 Å². The van der Waals surface area contributed by atoms with Gasteiger partial charge >= 0.3 is 0 Å². The predicted octanol–water partition coefficient (Wildman–Crippen LogP) is 5.08. The highest BCUT2D eigenvalue weighted by atomic mass is 35.5. The van der Waals surface area contributed by atoms with E-state index in [2.05, 4.69) is 6.92 Å². The van der Waals surface area contributed by atoms with Crippen LogP contribution in [0.2, 0.25) is 10.0 Å². The molecule has 0 radical (unpaired) electrons. The molecule has 1 nitrogen and oxygen atoms in total. The van der Waals surface area contributed by atoms with Gasteiger partial charge in [-0.1, -0.05) is 55.5 Å². The van der Waals surface area contributed by atoms with E-state index in [9.17, 15) is 0 Å². The summed E-state index contributed by atoms with van der Waals surface area (Å²) in [6, 6.07) is 5.84. The monoisotopic (exact) mass is 299 g/mol. The van der Waals surface area contributed by atoms with Gasteiger partial charge in [-0.25, -0.2) is 0 Å². The predicted molar refractivity (Wildman–Crippen MR) is 83.9 cm³/mol. The van der Waals surface area contributed by atoms with E-state index in [0.29, 0.717) is 5.92 Å². The number of benzene rings is 1. The Balaban J connectivity index is 2.02. The summed E-state index contributed by atoms with van der Waals surface area (Å²) in [5.74, 6) is 1.47. The van der Waals surface area contributed by atoms with Gasteiger partial charge in [-0.2, -0.15) is 0 Å². The molecule has 1 aliphatic rings. The average Bonchev–Trinajstić information content (AvgIpc) is 2.43. The molecular weight excluding hydrogens is 277 g/mol. The lowest BCUT2D eigenvalue weighted by Crippen LogP contribution is -2.35. The second-order valence-electron chi connectivity index (χ2n) is 5.77. The number of hydrogen-bond acceptors (Lipinski definition) is 1. The minimum absolute atomic E-state index is 0.173. The Kier molecular flexibility index (Phi) is 5.56. The smallest absolute Gasteiger partial charge is 0.0453 e. The second kappa shape index (κ2) is 6.97. The van der Waals surface area contributed by atoms with Crippen molar-refractivity contribution in [1.82, 2.24) is 0 Å². The fourth-order valence-corrected chi connectivity index (χ4v) is 3.77. The third kappa shape index (κ3) is 3.87. The number of hydrogen-bond donors (Lipinski definition) is 1. The molecule has 3 atom stereocenters. The van der Waals surface area contributed by atoms with Crippen LogP contribution >= 0.6 is 23.2 Å². The maximum atomic E-state index is 6.42. The summed E-state index contributed by atoms with van der Waals surface area (Å²) < 4.78 is 0. The molecule has 0 aliphatic heterocycles. The highest BCUT2D eigenvalue weighted by Crippen LogP contribution is 2.34. The third-order valence-electron chi connectivity index (χ3n) is 4.51. The molecule has 19 heavy (non-hydrogen) atoms. The normalized spacial score (nSPS) is 25.3. The van der Waals surface area contributed by atoms with E-state index >= 15 is 0 Å². The van der Waals surface area contributed by atoms with E-state index < -0.39 is 0 Å². The second-order valence-corrected chi connectivity index (χ2v) is 6.58. The summed E-state index contributed by atoms with van der Waals surface area (Å²) in [7, 11) is 0. The van der Waals surface area contributed by atoms with Gasteiger partial charge < -0.3 is 5.73 Å². The molecule has 0 heterocycles. The Morgan fingerprint density at radius 3 is 2.58 bits per heavy atom. The minimum atomic E-state index is 0.173. The Hall–Kier alpha value is -0.240. The fraction of sp³-hybridized carbons (Fsp3) is 0.625. The van der Waals surface area contributed by atoms with Crippen molar-refractivity contribution in [2.75, 3.05) is 0 Å². The number of rotatable bonds is 4.